The van der Waals surface area contributed by atoms with Gasteiger partial charge >= 0.3 is 0 Å². The van der Waals surface area contributed by atoms with Gasteiger partial charge in [-0.3, -0.25) is 9.36 Å². The van der Waals surface area contributed by atoms with E-state index in [0.717, 1.165) is 48.2 Å². The lowest BCUT2D eigenvalue weighted by Crippen LogP contribution is -2.29. The van der Waals surface area contributed by atoms with Crippen molar-refractivity contribution in [3.63, 3.8) is 0 Å². The summed E-state index contributed by atoms with van der Waals surface area (Å²) in [5.74, 6) is 1.65. The molecule has 2 fully saturated rings. The number of fused-ring (bicyclic) bond motifs is 1. The van der Waals surface area contributed by atoms with Crippen molar-refractivity contribution in [2.45, 2.75) is 62.9 Å². The van der Waals surface area contributed by atoms with E-state index in [2.05, 4.69) is 36.9 Å². The van der Waals surface area contributed by atoms with E-state index in [9.17, 15) is 9.35 Å². The lowest BCUT2D eigenvalue weighted by atomic mass is 10.1. The number of nitrogens with one attached hydrogen (secondary N) is 2. The van der Waals surface area contributed by atoms with Crippen molar-refractivity contribution < 1.29 is 4.55 Å². The number of aryl methyl sites for hydroxylation is 1. The summed E-state index contributed by atoms with van der Waals surface area (Å²) < 4.78 is 16.4. The number of hydrogen-bond donors (Lipinski definition) is 2. The van der Waals surface area contributed by atoms with E-state index >= 15 is 0 Å². The van der Waals surface area contributed by atoms with Gasteiger partial charge in [-0.05, 0) is 63.1 Å². The number of aromatic nitrogens is 6. The molecule has 0 spiro atoms. The molecule has 2 unspecified atom stereocenters. The quantitative estimate of drug-likeness (QED) is 0.311. The minimum absolute atomic E-state index is 0.0110. The molecule has 2 atom stereocenters. The number of anilines is 1. The molecular formula is C27H30N8O2S. The van der Waals surface area contributed by atoms with Crippen molar-refractivity contribution in [1.82, 2.24) is 34.2 Å². The summed E-state index contributed by atoms with van der Waals surface area (Å²) in [7, 11) is 1.65. The van der Waals surface area contributed by atoms with Crippen LogP contribution in [-0.2, 0) is 17.9 Å². The van der Waals surface area contributed by atoms with Crippen LogP contribution in [0, 0.1) is 12.8 Å². The van der Waals surface area contributed by atoms with Crippen LogP contribution in [0.15, 0.2) is 46.5 Å². The molecular weight excluding hydrogens is 500 g/mol. The first-order valence-corrected chi connectivity index (χ1v) is 14.1. The first-order valence-electron chi connectivity index (χ1n) is 13.0. The van der Waals surface area contributed by atoms with Gasteiger partial charge in [-0.25, -0.2) is 24.9 Å². The zero-order valence-electron chi connectivity index (χ0n) is 21.6. The first-order chi connectivity index (χ1) is 18.4. The summed E-state index contributed by atoms with van der Waals surface area (Å²) >= 11 is -1.24. The zero-order chi connectivity index (χ0) is 26.4. The van der Waals surface area contributed by atoms with E-state index in [1.54, 1.807) is 24.1 Å². The van der Waals surface area contributed by atoms with Crippen LogP contribution in [-0.4, -0.2) is 41.1 Å². The standard InChI is InChI=1S/C27H30N8O2S/c1-15-22(23(19-8-9-19)32-14-31-15)24-30-13-21-26(34-24)35(16(2)18-6-7-18)27(36)25(33-21)29-12-17-4-10-20(11-5-17)38(37)28-3/h4-5,10-11,13-14,16,18-19,28H,6-9,12H2,1-3H3,(H,29,33). The normalized spacial score (nSPS) is 16.9. The van der Waals surface area contributed by atoms with E-state index in [0.29, 0.717) is 40.3 Å². The molecule has 0 aliphatic heterocycles. The topological polar surface area (TPSA) is 134 Å². The smallest absolute Gasteiger partial charge is 0.295 e. The Balaban J connectivity index is 1.38. The van der Waals surface area contributed by atoms with Gasteiger partial charge in [-0.1, -0.05) is 12.1 Å². The lowest BCUT2D eigenvalue weighted by Gasteiger charge is -2.19. The summed E-state index contributed by atoms with van der Waals surface area (Å²) in [6.07, 6.45) is 7.70. The van der Waals surface area contributed by atoms with Gasteiger partial charge in [0.2, 0.25) is 0 Å². The van der Waals surface area contributed by atoms with Crippen LogP contribution < -0.4 is 15.6 Å². The number of rotatable bonds is 9. The Morgan fingerprint density at radius 1 is 1.11 bits per heavy atom. The third-order valence-corrected chi connectivity index (χ3v) is 8.45. The van der Waals surface area contributed by atoms with Gasteiger partial charge in [0, 0.05) is 25.6 Å². The third kappa shape index (κ3) is 4.77. The second-order valence-electron chi connectivity index (χ2n) is 10.1. The fourth-order valence-electron chi connectivity index (χ4n) is 4.87. The Kier molecular flexibility index (Phi) is 6.58. The van der Waals surface area contributed by atoms with Crippen LogP contribution >= 0.6 is 0 Å². The fraction of sp³-hybridized carbons (Fsp3) is 0.407. The molecule has 0 bridgehead atoms. The van der Waals surface area contributed by atoms with Crippen LogP contribution in [0.3, 0.4) is 0 Å². The van der Waals surface area contributed by atoms with Gasteiger partial charge < -0.3 is 9.87 Å². The molecule has 1 aromatic carbocycles. The molecule has 2 aliphatic carbocycles. The minimum atomic E-state index is -1.24. The molecule has 11 heteroatoms. The second-order valence-corrected chi connectivity index (χ2v) is 11.5. The van der Waals surface area contributed by atoms with Crippen molar-refractivity contribution in [3.8, 4) is 11.4 Å². The molecule has 2 N–H and O–H groups in total. The SMILES string of the molecule is CN[S+]([O-])c1ccc(CNc2nc3cnc(-c4c(C)ncnc4C4CC4)nc3n(C(C)C3CC3)c2=O)cc1. The molecule has 0 saturated heterocycles. The van der Waals surface area contributed by atoms with Gasteiger partial charge in [0.1, 0.15) is 11.8 Å². The molecule has 3 heterocycles. The Labute approximate surface area is 223 Å². The maximum absolute atomic E-state index is 13.8. The summed E-state index contributed by atoms with van der Waals surface area (Å²) in [6.45, 7) is 4.43. The number of benzene rings is 1. The lowest BCUT2D eigenvalue weighted by molar-refractivity contribution is 0.482. The van der Waals surface area contributed by atoms with Gasteiger partial charge in [0.15, 0.2) is 22.2 Å². The third-order valence-electron chi connectivity index (χ3n) is 7.38. The Hall–Kier alpha value is -3.41. The van der Waals surface area contributed by atoms with Crippen molar-refractivity contribution in [1.29, 1.82) is 0 Å². The molecule has 3 aromatic heterocycles. The zero-order valence-corrected chi connectivity index (χ0v) is 22.5. The van der Waals surface area contributed by atoms with Crippen LogP contribution in [0.1, 0.15) is 61.5 Å². The van der Waals surface area contributed by atoms with E-state index < -0.39 is 11.4 Å². The van der Waals surface area contributed by atoms with Crippen molar-refractivity contribution >= 4 is 28.3 Å². The molecule has 196 valence electrons. The fourth-order valence-corrected chi connectivity index (χ4v) is 5.49. The first kappa shape index (κ1) is 24.9. The van der Waals surface area contributed by atoms with E-state index in [1.165, 1.54) is 0 Å². The average molecular weight is 531 g/mol. The average Bonchev–Trinajstić information content (AvgIpc) is 3.84. The van der Waals surface area contributed by atoms with Gasteiger partial charge in [-0.2, -0.15) is 0 Å². The molecule has 10 nitrogen and oxygen atoms in total. The highest BCUT2D eigenvalue weighted by atomic mass is 32.2. The molecule has 6 rings (SSSR count). The Morgan fingerprint density at radius 3 is 2.55 bits per heavy atom. The number of nitrogens with zero attached hydrogens (tertiary/aromatic N) is 6. The Bertz CT molecular complexity index is 1550. The predicted octanol–water partition coefficient (Wildman–Crippen LogP) is 3.65. The molecule has 2 aliphatic rings. The minimum Gasteiger partial charge on any atom is -0.593 e. The molecule has 2 saturated carbocycles. The van der Waals surface area contributed by atoms with Gasteiger partial charge in [0.05, 0.1) is 34.5 Å². The highest BCUT2D eigenvalue weighted by Crippen LogP contribution is 2.43. The Morgan fingerprint density at radius 2 is 1.87 bits per heavy atom. The van der Waals surface area contributed by atoms with Crippen LogP contribution in [0.5, 0.6) is 0 Å². The largest absolute Gasteiger partial charge is 0.593 e. The predicted molar refractivity (Wildman–Crippen MR) is 146 cm³/mol. The molecule has 38 heavy (non-hydrogen) atoms. The van der Waals surface area contributed by atoms with E-state index in [1.807, 2.05) is 31.2 Å². The monoisotopic (exact) mass is 530 g/mol. The maximum Gasteiger partial charge on any atom is 0.295 e. The van der Waals surface area contributed by atoms with E-state index in [4.69, 9.17) is 4.98 Å². The highest BCUT2D eigenvalue weighted by molar-refractivity contribution is 7.89. The molecule has 4 aromatic rings. The summed E-state index contributed by atoms with van der Waals surface area (Å²) in [5.41, 5.74) is 4.53. The van der Waals surface area contributed by atoms with Crippen molar-refractivity contribution in [2.24, 2.45) is 5.92 Å². The van der Waals surface area contributed by atoms with Gasteiger partial charge in [0.25, 0.3) is 5.56 Å². The molecule has 0 amide bonds. The summed E-state index contributed by atoms with van der Waals surface area (Å²) in [6, 6.07) is 7.39. The maximum atomic E-state index is 13.8. The number of hydrogen-bond acceptors (Lipinski definition) is 9. The van der Waals surface area contributed by atoms with Crippen molar-refractivity contribution in [3.05, 3.63) is 64.1 Å². The second kappa shape index (κ2) is 10.0. The van der Waals surface area contributed by atoms with Crippen LogP contribution in [0.25, 0.3) is 22.6 Å². The van der Waals surface area contributed by atoms with E-state index in [-0.39, 0.29) is 17.4 Å². The highest BCUT2D eigenvalue weighted by Gasteiger charge is 2.33. The van der Waals surface area contributed by atoms with Gasteiger partial charge in [-0.15, -0.1) is 4.72 Å². The van der Waals surface area contributed by atoms with Crippen molar-refractivity contribution in [2.75, 3.05) is 12.4 Å². The van der Waals surface area contributed by atoms with Crippen LogP contribution in [0.4, 0.5) is 5.82 Å². The summed E-state index contributed by atoms with van der Waals surface area (Å²) in [4.78, 5) is 37.6. The summed E-state index contributed by atoms with van der Waals surface area (Å²) in [5, 5.41) is 3.21. The molecule has 0 radical (unpaired) electrons. The van der Waals surface area contributed by atoms with Crippen LogP contribution in [0.2, 0.25) is 0 Å².